The highest BCUT2D eigenvalue weighted by molar-refractivity contribution is 6.06. The molecule has 0 radical (unpaired) electrons. The molecule has 1 fully saturated rings. The number of amides is 1. The number of fused-ring (bicyclic) bond motifs is 4. The monoisotopic (exact) mass is 334 g/mol. The van der Waals surface area contributed by atoms with Crippen molar-refractivity contribution < 1.29 is 9.63 Å². The van der Waals surface area contributed by atoms with Crippen molar-refractivity contribution in [2.75, 3.05) is 13.1 Å². The first-order chi connectivity index (χ1) is 12.2. The van der Waals surface area contributed by atoms with Crippen LogP contribution < -0.4 is 15.2 Å². The van der Waals surface area contributed by atoms with E-state index in [1.165, 1.54) is 24.9 Å². The Hall–Kier alpha value is -2.79. The maximum absolute atomic E-state index is 11.7. The van der Waals surface area contributed by atoms with Gasteiger partial charge in [-0.3, -0.25) is 4.79 Å². The summed E-state index contributed by atoms with van der Waals surface area (Å²) in [6.07, 6.45) is 3.62. The first-order valence-corrected chi connectivity index (χ1v) is 8.79. The molecule has 3 aromatic rings. The van der Waals surface area contributed by atoms with Crippen LogP contribution in [0.2, 0.25) is 0 Å². The van der Waals surface area contributed by atoms with Crippen molar-refractivity contribution in [2.24, 2.45) is 5.73 Å². The molecular formula is C20H20N3O2+. The second-order valence-electron chi connectivity index (χ2n) is 6.98. The van der Waals surface area contributed by atoms with Gasteiger partial charge in [0, 0.05) is 18.2 Å². The van der Waals surface area contributed by atoms with Crippen LogP contribution >= 0.6 is 0 Å². The van der Waals surface area contributed by atoms with E-state index in [1.54, 1.807) is 6.07 Å². The number of para-hydroxylation sites is 1. The lowest BCUT2D eigenvalue weighted by molar-refractivity contribution is -0.0500. The standard InChI is InChI=1S/C20H19N3O2/c21-20(24)16-6-4-5-13-11-17(22-19(13)16)15-8-7-14-12-18(15)23(25-14)9-2-1-3-10-23/h4-8,11-12H,1-3,9-10H2,(H2-,21,22,24)/p+1. The number of hydroxylamine groups is 2. The molecule has 25 heavy (non-hydrogen) atoms. The fraction of sp³-hybridized carbons (Fsp3) is 0.250. The van der Waals surface area contributed by atoms with E-state index in [0.717, 1.165) is 41.0 Å². The Morgan fingerprint density at radius 1 is 1.08 bits per heavy atom. The van der Waals surface area contributed by atoms with E-state index in [2.05, 4.69) is 23.2 Å². The van der Waals surface area contributed by atoms with Crippen LogP contribution in [0.3, 0.4) is 0 Å². The quantitative estimate of drug-likeness (QED) is 0.701. The Kier molecular flexibility index (Phi) is 2.97. The minimum atomic E-state index is -0.415. The molecule has 0 aliphatic carbocycles. The number of benzene rings is 2. The maximum atomic E-state index is 11.7. The minimum Gasteiger partial charge on any atom is -0.366 e. The van der Waals surface area contributed by atoms with Gasteiger partial charge in [0.1, 0.15) is 13.1 Å². The molecule has 0 unspecified atom stereocenters. The molecule has 5 heteroatoms. The molecule has 3 heterocycles. The lowest BCUT2D eigenvalue weighted by Crippen LogP contribution is -2.53. The van der Waals surface area contributed by atoms with Crippen molar-refractivity contribution in [3.8, 4) is 17.0 Å². The van der Waals surface area contributed by atoms with E-state index in [9.17, 15) is 4.79 Å². The smallest absolute Gasteiger partial charge is 0.250 e. The molecule has 1 spiro atoms. The van der Waals surface area contributed by atoms with Crippen LogP contribution in [0.25, 0.3) is 22.2 Å². The Morgan fingerprint density at radius 3 is 2.72 bits per heavy atom. The normalized spacial score (nSPS) is 17.8. The summed E-state index contributed by atoms with van der Waals surface area (Å²) in [5.41, 5.74) is 10.2. The van der Waals surface area contributed by atoms with Crippen LogP contribution in [-0.2, 0) is 0 Å². The predicted octanol–water partition coefficient (Wildman–Crippen LogP) is 3.73. The fourth-order valence-corrected chi connectivity index (χ4v) is 4.25. The molecule has 5 nitrogen and oxygen atoms in total. The number of carbonyl (C=O) groups excluding carboxylic acids is 1. The van der Waals surface area contributed by atoms with Gasteiger partial charge in [0.05, 0.1) is 28.4 Å². The summed E-state index contributed by atoms with van der Waals surface area (Å²) in [5.74, 6) is 0.524. The van der Waals surface area contributed by atoms with Crippen molar-refractivity contribution >= 4 is 22.5 Å². The van der Waals surface area contributed by atoms with E-state index in [-0.39, 0.29) is 0 Å². The number of hydrogen-bond acceptors (Lipinski definition) is 2. The molecule has 2 aliphatic heterocycles. The van der Waals surface area contributed by atoms with Gasteiger partial charge in [0.2, 0.25) is 0 Å². The number of rotatable bonds is 2. The van der Waals surface area contributed by atoms with Crippen LogP contribution in [-0.4, -0.2) is 24.0 Å². The molecule has 1 aromatic heterocycles. The number of H-pyrrole nitrogens is 1. The van der Waals surface area contributed by atoms with Crippen LogP contribution in [0.15, 0.2) is 42.5 Å². The number of primary amides is 1. The van der Waals surface area contributed by atoms with Crippen molar-refractivity contribution in [3.63, 3.8) is 0 Å². The summed E-state index contributed by atoms with van der Waals surface area (Å²) in [6.45, 7) is 2.01. The molecule has 1 saturated heterocycles. The number of hydrogen-bond donors (Lipinski definition) is 2. The van der Waals surface area contributed by atoms with Crippen LogP contribution in [0, 0.1) is 0 Å². The summed E-state index contributed by atoms with van der Waals surface area (Å²) < 4.78 is 0.593. The van der Waals surface area contributed by atoms with Crippen LogP contribution in [0.4, 0.5) is 5.69 Å². The van der Waals surface area contributed by atoms with Gasteiger partial charge in [-0.25, -0.2) is 0 Å². The highest BCUT2D eigenvalue weighted by atomic mass is 16.7. The molecule has 1 amide bonds. The number of nitrogens with zero attached hydrogens (tertiary/aromatic N) is 1. The average molecular weight is 334 g/mol. The van der Waals surface area contributed by atoms with E-state index in [4.69, 9.17) is 10.6 Å². The molecule has 5 rings (SSSR count). The number of nitrogens with two attached hydrogens (primary N) is 1. The molecule has 0 saturated carbocycles. The van der Waals surface area contributed by atoms with Gasteiger partial charge in [-0.2, -0.15) is 0 Å². The topological polar surface area (TPSA) is 68.1 Å². The lowest BCUT2D eigenvalue weighted by Gasteiger charge is -2.34. The molecule has 0 atom stereocenters. The molecule has 2 aromatic carbocycles. The van der Waals surface area contributed by atoms with Crippen LogP contribution in [0.5, 0.6) is 5.75 Å². The first kappa shape index (κ1) is 14.5. The van der Waals surface area contributed by atoms with Crippen LogP contribution in [0.1, 0.15) is 29.6 Å². The second-order valence-corrected chi connectivity index (χ2v) is 6.98. The number of aromatic amines is 1. The average Bonchev–Trinajstić information content (AvgIpc) is 3.16. The van der Waals surface area contributed by atoms with Crippen molar-refractivity contribution in [1.29, 1.82) is 0 Å². The number of nitrogens with one attached hydrogen (secondary N) is 1. The van der Waals surface area contributed by atoms with Gasteiger partial charge in [0.25, 0.3) is 5.91 Å². The van der Waals surface area contributed by atoms with Gasteiger partial charge in [-0.1, -0.05) is 12.1 Å². The number of aromatic nitrogens is 1. The first-order valence-electron chi connectivity index (χ1n) is 8.79. The van der Waals surface area contributed by atoms with Gasteiger partial charge in [-0.05, 0) is 30.7 Å². The van der Waals surface area contributed by atoms with Crippen molar-refractivity contribution in [2.45, 2.75) is 19.3 Å². The second kappa shape index (κ2) is 5.10. The minimum absolute atomic E-state index is 0.415. The number of carbonyl (C=O) groups is 1. The molecule has 3 N–H and O–H groups in total. The third-order valence-electron chi connectivity index (χ3n) is 5.44. The molecule has 2 bridgehead atoms. The van der Waals surface area contributed by atoms with E-state index in [0.29, 0.717) is 10.2 Å². The summed E-state index contributed by atoms with van der Waals surface area (Å²) in [4.78, 5) is 21.4. The molecular weight excluding hydrogens is 314 g/mol. The fourth-order valence-electron chi connectivity index (χ4n) is 4.25. The van der Waals surface area contributed by atoms with Gasteiger partial charge >= 0.3 is 0 Å². The highest BCUT2D eigenvalue weighted by Gasteiger charge is 2.43. The zero-order valence-corrected chi connectivity index (χ0v) is 13.9. The summed E-state index contributed by atoms with van der Waals surface area (Å²) in [5, 5.41) is 0.992. The summed E-state index contributed by atoms with van der Waals surface area (Å²) >= 11 is 0. The Bertz CT molecular complexity index is 999. The largest absolute Gasteiger partial charge is 0.366 e. The van der Waals surface area contributed by atoms with Gasteiger partial charge in [-0.15, -0.1) is 4.65 Å². The van der Waals surface area contributed by atoms with E-state index in [1.807, 2.05) is 18.2 Å². The maximum Gasteiger partial charge on any atom is 0.250 e. The van der Waals surface area contributed by atoms with Gasteiger partial charge < -0.3 is 15.6 Å². The Morgan fingerprint density at radius 2 is 1.92 bits per heavy atom. The number of quaternary nitrogens is 1. The van der Waals surface area contributed by atoms with E-state index < -0.39 is 5.91 Å². The highest BCUT2D eigenvalue weighted by Crippen LogP contribution is 2.45. The zero-order valence-electron chi connectivity index (χ0n) is 13.9. The lowest BCUT2D eigenvalue weighted by atomic mass is 10.0. The zero-order chi connectivity index (χ0) is 17.0. The summed E-state index contributed by atoms with van der Waals surface area (Å²) in [7, 11) is 0. The molecule has 2 aliphatic rings. The predicted molar refractivity (Wildman–Crippen MR) is 98.3 cm³/mol. The van der Waals surface area contributed by atoms with Crippen molar-refractivity contribution in [3.05, 3.63) is 48.0 Å². The third-order valence-corrected chi connectivity index (χ3v) is 5.44. The third kappa shape index (κ3) is 2.09. The summed E-state index contributed by atoms with van der Waals surface area (Å²) in [6, 6.07) is 14.0. The Labute approximate surface area is 145 Å². The van der Waals surface area contributed by atoms with Gasteiger partial charge in [0.15, 0.2) is 11.4 Å². The number of piperidine rings is 1. The van der Waals surface area contributed by atoms with E-state index >= 15 is 0 Å². The Balaban J connectivity index is 1.68. The molecule has 126 valence electrons. The SMILES string of the molecule is NC(=O)c1cccc2cc(-c3ccc4cc3[N+]3(CCCCC3)O4)[nH]c12. The van der Waals surface area contributed by atoms with Crippen molar-refractivity contribution in [1.82, 2.24) is 9.63 Å².